The molecular weight excluding hydrogens is 255 g/mol. The minimum Gasteiger partial charge on any atom is -0.481 e. The number of halogens is 2. The Hall–Kier alpha value is -0.540. The Morgan fingerprint density at radius 1 is 1.54 bits per heavy atom. The molecule has 0 aliphatic heterocycles. The van der Waals surface area contributed by atoms with Crippen molar-refractivity contribution < 1.29 is 9.90 Å². The van der Waals surface area contributed by atoms with Crippen LogP contribution in [0.25, 0.3) is 0 Å². The topological polar surface area (TPSA) is 37.3 Å². The molecule has 0 bridgehead atoms. The highest BCUT2D eigenvalue weighted by atomic mass is 79.9. The predicted molar refractivity (Wildman–Crippen MR) is 55.4 cm³/mol. The first kappa shape index (κ1) is 10.5. The summed E-state index contributed by atoms with van der Waals surface area (Å²) in [4.78, 5) is 10.2. The molecule has 1 rings (SSSR count). The maximum absolute atomic E-state index is 10.4. The van der Waals surface area contributed by atoms with Crippen LogP contribution < -0.4 is 0 Å². The van der Waals surface area contributed by atoms with E-state index >= 15 is 0 Å². The van der Waals surface area contributed by atoms with Crippen LogP contribution in [0.1, 0.15) is 16.8 Å². The van der Waals surface area contributed by atoms with Gasteiger partial charge in [0.2, 0.25) is 0 Å². The molecule has 0 spiro atoms. The summed E-state index contributed by atoms with van der Waals surface area (Å²) in [5.74, 6) is -0.846. The van der Waals surface area contributed by atoms with Gasteiger partial charge in [-0.05, 0) is 11.6 Å². The van der Waals surface area contributed by atoms with Crippen LogP contribution in [0.2, 0.25) is 5.02 Å². The van der Waals surface area contributed by atoms with Gasteiger partial charge in [-0.2, -0.15) is 0 Å². The van der Waals surface area contributed by atoms with Crippen LogP contribution in [-0.4, -0.2) is 11.1 Å². The molecule has 0 aromatic heterocycles. The molecule has 1 N–H and O–H groups in total. The molecule has 4 heteroatoms. The average molecular weight is 264 g/mol. The summed E-state index contributed by atoms with van der Waals surface area (Å²) in [5, 5.41) is 9.15. The van der Waals surface area contributed by atoms with Crippen molar-refractivity contribution in [3.63, 3.8) is 0 Å². The van der Waals surface area contributed by atoms with E-state index in [4.69, 9.17) is 16.7 Å². The van der Waals surface area contributed by atoms with Gasteiger partial charge in [0.15, 0.2) is 0 Å². The van der Waals surface area contributed by atoms with E-state index in [-0.39, 0.29) is 11.2 Å². The molecule has 0 amide bonds. The predicted octanol–water partition coefficient (Wildman–Crippen LogP) is 3.25. The van der Waals surface area contributed by atoms with Crippen LogP contribution in [0.15, 0.2) is 24.3 Å². The molecular formula is C9H8BrClO2. The largest absolute Gasteiger partial charge is 0.481 e. The number of rotatable bonds is 3. The molecule has 0 radical (unpaired) electrons. The molecule has 13 heavy (non-hydrogen) atoms. The van der Waals surface area contributed by atoms with Crippen LogP contribution in [0.3, 0.4) is 0 Å². The van der Waals surface area contributed by atoms with Crippen molar-refractivity contribution in [1.82, 2.24) is 0 Å². The second kappa shape index (κ2) is 4.63. The standard InChI is InChI=1S/C9H8BrClO2/c10-7(5-9(12)13)6-3-1-2-4-8(6)11/h1-4,7H,5H2,(H,12,13). The molecule has 1 aromatic carbocycles. The van der Waals surface area contributed by atoms with Gasteiger partial charge >= 0.3 is 5.97 Å². The molecule has 0 aliphatic carbocycles. The zero-order valence-electron chi connectivity index (χ0n) is 6.71. The molecule has 1 atom stereocenters. The van der Waals surface area contributed by atoms with Gasteiger partial charge < -0.3 is 5.11 Å². The van der Waals surface area contributed by atoms with Crippen molar-refractivity contribution >= 4 is 33.5 Å². The molecule has 0 aliphatic rings. The van der Waals surface area contributed by atoms with E-state index in [1.165, 1.54) is 0 Å². The lowest BCUT2D eigenvalue weighted by atomic mass is 10.1. The van der Waals surface area contributed by atoms with Crippen LogP contribution in [0.4, 0.5) is 0 Å². The third kappa shape index (κ3) is 3.01. The fourth-order valence-corrected chi connectivity index (χ4v) is 2.07. The molecule has 0 saturated carbocycles. The Labute approximate surface area is 89.7 Å². The molecule has 1 aromatic rings. The van der Waals surface area contributed by atoms with Crippen LogP contribution in [-0.2, 0) is 4.79 Å². The molecule has 0 heterocycles. The fourth-order valence-electron chi connectivity index (χ4n) is 0.992. The lowest BCUT2D eigenvalue weighted by molar-refractivity contribution is -0.136. The maximum atomic E-state index is 10.4. The fraction of sp³-hybridized carbons (Fsp3) is 0.222. The van der Waals surface area contributed by atoms with Crippen molar-refractivity contribution in [3.05, 3.63) is 34.9 Å². The Balaban J connectivity index is 2.82. The van der Waals surface area contributed by atoms with E-state index in [2.05, 4.69) is 15.9 Å². The van der Waals surface area contributed by atoms with Gasteiger partial charge in [0.1, 0.15) is 0 Å². The zero-order valence-corrected chi connectivity index (χ0v) is 9.05. The molecule has 2 nitrogen and oxygen atoms in total. The van der Waals surface area contributed by atoms with Crippen LogP contribution in [0, 0.1) is 0 Å². The molecule has 0 fully saturated rings. The van der Waals surface area contributed by atoms with Gasteiger partial charge in [-0.15, -0.1) is 0 Å². The van der Waals surface area contributed by atoms with Gasteiger partial charge in [-0.3, -0.25) is 4.79 Å². The highest BCUT2D eigenvalue weighted by Gasteiger charge is 2.13. The summed E-state index contributed by atoms with van der Waals surface area (Å²) in [5.41, 5.74) is 0.812. The first-order chi connectivity index (χ1) is 6.11. The van der Waals surface area contributed by atoms with Gasteiger partial charge in [0.25, 0.3) is 0 Å². The summed E-state index contributed by atoms with van der Waals surface area (Å²) in [6.07, 6.45) is 0.0315. The normalized spacial score (nSPS) is 12.5. The number of alkyl halides is 1. The quantitative estimate of drug-likeness (QED) is 0.850. The van der Waals surface area contributed by atoms with Crippen molar-refractivity contribution in [1.29, 1.82) is 0 Å². The number of carbonyl (C=O) groups is 1. The SMILES string of the molecule is O=C(O)CC(Br)c1ccccc1Cl. The molecule has 1 unspecified atom stereocenters. The number of carboxylic acid groups (broad SMARTS) is 1. The highest BCUT2D eigenvalue weighted by Crippen LogP contribution is 2.31. The summed E-state index contributed by atoms with van der Waals surface area (Å²) in [6.45, 7) is 0. The Bertz CT molecular complexity index is 314. The minimum atomic E-state index is -0.846. The van der Waals surface area contributed by atoms with Crippen molar-refractivity contribution in [3.8, 4) is 0 Å². The van der Waals surface area contributed by atoms with Gasteiger partial charge in [0.05, 0.1) is 11.2 Å². The average Bonchev–Trinajstić information content (AvgIpc) is 2.03. The lowest BCUT2D eigenvalue weighted by Crippen LogP contribution is -2.00. The van der Waals surface area contributed by atoms with Crippen LogP contribution in [0.5, 0.6) is 0 Å². The van der Waals surface area contributed by atoms with E-state index in [1.807, 2.05) is 18.2 Å². The Morgan fingerprint density at radius 3 is 2.69 bits per heavy atom. The van der Waals surface area contributed by atoms with Crippen molar-refractivity contribution in [2.24, 2.45) is 0 Å². The first-order valence-electron chi connectivity index (χ1n) is 3.71. The molecule has 70 valence electrons. The van der Waals surface area contributed by atoms with Gasteiger partial charge in [-0.1, -0.05) is 45.7 Å². The number of hydrogen-bond donors (Lipinski definition) is 1. The van der Waals surface area contributed by atoms with E-state index in [1.54, 1.807) is 6.07 Å². The second-order valence-electron chi connectivity index (χ2n) is 2.59. The van der Waals surface area contributed by atoms with E-state index in [9.17, 15) is 4.79 Å². The van der Waals surface area contributed by atoms with E-state index in [0.717, 1.165) is 5.56 Å². The van der Waals surface area contributed by atoms with Crippen molar-refractivity contribution in [2.75, 3.05) is 0 Å². The number of aliphatic carboxylic acids is 1. The molecule has 0 saturated heterocycles. The first-order valence-corrected chi connectivity index (χ1v) is 5.01. The lowest BCUT2D eigenvalue weighted by Gasteiger charge is -2.08. The smallest absolute Gasteiger partial charge is 0.304 e. The summed E-state index contributed by atoms with van der Waals surface area (Å²) < 4.78 is 0. The van der Waals surface area contributed by atoms with Crippen LogP contribution >= 0.6 is 27.5 Å². The highest BCUT2D eigenvalue weighted by molar-refractivity contribution is 9.09. The minimum absolute atomic E-state index is 0.0315. The monoisotopic (exact) mass is 262 g/mol. The van der Waals surface area contributed by atoms with E-state index in [0.29, 0.717) is 5.02 Å². The maximum Gasteiger partial charge on any atom is 0.304 e. The summed E-state index contributed by atoms with van der Waals surface area (Å²) in [7, 11) is 0. The number of benzene rings is 1. The Morgan fingerprint density at radius 2 is 2.15 bits per heavy atom. The van der Waals surface area contributed by atoms with Crippen molar-refractivity contribution in [2.45, 2.75) is 11.2 Å². The number of hydrogen-bond acceptors (Lipinski definition) is 1. The van der Waals surface area contributed by atoms with Gasteiger partial charge in [0, 0.05) is 5.02 Å². The van der Waals surface area contributed by atoms with Gasteiger partial charge in [-0.25, -0.2) is 0 Å². The number of carboxylic acids is 1. The third-order valence-corrected chi connectivity index (χ3v) is 2.76. The second-order valence-corrected chi connectivity index (χ2v) is 4.10. The summed E-state index contributed by atoms with van der Waals surface area (Å²) >= 11 is 9.15. The Kier molecular flexibility index (Phi) is 3.75. The zero-order chi connectivity index (χ0) is 9.84. The third-order valence-electron chi connectivity index (χ3n) is 1.60. The van der Waals surface area contributed by atoms with E-state index < -0.39 is 5.97 Å². The summed E-state index contributed by atoms with van der Waals surface area (Å²) in [6, 6.07) is 7.20.